The Morgan fingerprint density at radius 2 is 1.89 bits per heavy atom. The van der Waals surface area contributed by atoms with Crippen molar-refractivity contribution in [3.8, 4) is 17.2 Å². The molecule has 2 amide bonds. The van der Waals surface area contributed by atoms with Crippen molar-refractivity contribution in [3.63, 3.8) is 0 Å². The lowest BCUT2D eigenvalue weighted by Crippen LogP contribution is -2.36. The lowest BCUT2D eigenvalue weighted by Gasteiger charge is -2.17. The lowest BCUT2D eigenvalue weighted by atomic mass is 10.0. The number of aromatic nitrogens is 1. The number of amides is 2. The summed E-state index contributed by atoms with van der Waals surface area (Å²) < 4.78 is 74.9. The maximum absolute atomic E-state index is 13.6. The first-order chi connectivity index (χ1) is 16.8. The van der Waals surface area contributed by atoms with Gasteiger partial charge in [0, 0.05) is 18.2 Å². The smallest absolute Gasteiger partial charge is 0.444 e. The average Bonchev–Trinajstić information content (AvgIpc) is 3.40. The second-order valence-corrected chi connectivity index (χ2v) is 7.85. The van der Waals surface area contributed by atoms with E-state index < -0.39 is 35.8 Å². The van der Waals surface area contributed by atoms with Crippen LogP contribution < -0.4 is 15.1 Å². The van der Waals surface area contributed by atoms with Crippen molar-refractivity contribution in [2.45, 2.75) is 26.1 Å². The highest BCUT2D eigenvalue weighted by molar-refractivity contribution is 6.28. The number of alkyl halides is 5. The first kappa shape index (κ1) is 24.8. The minimum atomic E-state index is -5.00. The van der Waals surface area contributed by atoms with Gasteiger partial charge in [0.2, 0.25) is 11.8 Å². The Labute approximate surface area is 200 Å². The summed E-state index contributed by atoms with van der Waals surface area (Å²) in [4.78, 5) is 29.7. The van der Waals surface area contributed by atoms with Crippen LogP contribution in [0.5, 0.6) is 5.75 Å². The highest BCUT2D eigenvalue weighted by atomic mass is 19.4. The predicted molar refractivity (Wildman–Crippen MR) is 117 cm³/mol. The third-order valence-electron chi connectivity index (χ3n) is 5.13. The van der Waals surface area contributed by atoms with Gasteiger partial charge >= 0.3 is 6.36 Å². The maximum atomic E-state index is 13.6. The van der Waals surface area contributed by atoms with Gasteiger partial charge in [0.15, 0.2) is 5.92 Å². The Morgan fingerprint density at radius 1 is 1.14 bits per heavy atom. The zero-order valence-corrected chi connectivity index (χ0v) is 18.6. The number of nitrogens with one attached hydrogen (secondary N) is 1. The van der Waals surface area contributed by atoms with E-state index >= 15 is 0 Å². The summed E-state index contributed by atoms with van der Waals surface area (Å²) in [5, 5.41) is 7.35. The van der Waals surface area contributed by atoms with Gasteiger partial charge in [0.05, 0.1) is 23.2 Å². The van der Waals surface area contributed by atoms with Gasteiger partial charge in [-0.2, -0.15) is 10.1 Å². The molecule has 2 heterocycles. The minimum Gasteiger partial charge on any atom is -0.444 e. The number of carbonyl (C=O) groups is 2. The molecule has 1 unspecified atom stereocenters. The number of anilines is 2. The van der Waals surface area contributed by atoms with Gasteiger partial charge in [-0.25, -0.2) is 13.8 Å². The van der Waals surface area contributed by atoms with Crippen LogP contribution in [-0.4, -0.2) is 28.9 Å². The summed E-state index contributed by atoms with van der Waals surface area (Å²) in [6, 6.07) is 8.26. The third-order valence-corrected chi connectivity index (χ3v) is 5.13. The molecule has 1 aliphatic rings. The Balaban J connectivity index is 1.60. The number of ether oxygens (including phenoxy) is 1. The van der Waals surface area contributed by atoms with Crippen LogP contribution in [0, 0.1) is 5.92 Å². The van der Waals surface area contributed by atoms with E-state index in [1.807, 2.05) is 0 Å². The molecule has 4 rings (SSSR count). The van der Waals surface area contributed by atoms with Crippen LogP contribution in [0.15, 0.2) is 64.4 Å². The summed E-state index contributed by atoms with van der Waals surface area (Å²) in [5.41, 5.74) is -0.378. The monoisotopic (exact) mass is 508 g/mol. The fraction of sp³-hybridized carbons (Fsp3) is 0.217. The van der Waals surface area contributed by atoms with Crippen molar-refractivity contribution in [2.24, 2.45) is 11.0 Å². The highest BCUT2D eigenvalue weighted by Crippen LogP contribution is 2.37. The number of oxazole rings is 1. The zero-order valence-electron chi connectivity index (χ0n) is 18.6. The molecular weight excluding hydrogens is 491 g/mol. The Morgan fingerprint density at radius 3 is 2.53 bits per heavy atom. The fourth-order valence-electron chi connectivity index (χ4n) is 3.52. The molecule has 0 spiro atoms. The van der Waals surface area contributed by atoms with E-state index in [-0.39, 0.29) is 34.1 Å². The van der Waals surface area contributed by atoms with Gasteiger partial charge in [0.25, 0.3) is 11.8 Å². The molecule has 1 aromatic heterocycles. The number of carbonyl (C=O) groups excluding carboxylic acids is 2. The first-order valence-corrected chi connectivity index (χ1v) is 10.3. The zero-order chi connectivity index (χ0) is 26.3. The number of hydrazone groups is 1. The molecule has 1 atom stereocenters. The van der Waals surface area contributed by atoms with Crippen LogP contribution in [0.1, 0.15) is 19.4 Å². The van der Waals surface area contributed by atoms with Gasteiger partial charge in [-0.1, -0.05) is 12.1 Å². The summed E-state index contributed by atoms with van der Waals surface area (Å²) >= 11 is 0. The molecule has 0 radical (unpaired) electrons. The molecule has 3 aromatic rings. The van der Waals surface area contributed by atoms with E-state index in [1.54, 1.807) is 0 Å². The lowest BCUT2D eigenvalue weighted by molar-refractivity contribution is -0.274. The van der Waals surface area contributed by atoms with E-state index in [1.165, 1.54) is 31.3 Å². The SMILES string of the molecule is CC1=NN(c2ccc(OC(F)(F)F)c(-c3ncco3)c2)C(=O)C1C(=O)Nc1cccc(C(C)(F)F)c1. The Hall–Kier alpha value is -4.29. The van der Waals surface area contributed by atoms with Gasteiger partial charge in [0.1, 0.15) is 12.0 Å². The molecule has 36 heavy (non-hydrogen) atoms. The van der Waals surface area contributed by atoms with Crippen LogP contribution >= 0.6 is 0 Å². The van der Waals surface area contributed by atoms with Crippen molar-refractivity contribution in [2.75, 3.05) is 10.3 Å². The molecule has 0 bridgehead atoms. The summed E-state index contributed by atoms with van der Waals surface area (Å²) in [6.07, 6.45) is -2.64. The predicted octanol–water partition coefficient (Wildman–Crippen LogP) is 5.33. The largest absolute Gasteiger partial charge is 0.573 e. The molecule has 1 N–H and O–H groups in total. The normalized spacial score (nSPS) is 16.2. The first-order valence-electron chi connectivity index (χ1n) is 10.3. The van der Waals surface area contributed by atoms with Crippen molar-refractivity contribution >= 4 is 28.9 Å². The fourth-order valence-corrected chi connectivity index (χ4v) is 3.52. The van der Waals surface area contributed by atoms with Crippen LogP contribution in [-0.2, 0) is 15.5 Å². The van der Waals surface area contributed by atoms with Gasteiger partial charge in [-0.15, -0.1) is 13.2 Å². The van der Waals surface area contributed by atoms with E-state index in [9.17, 15) is 31.5 Å². The van der Waals surface area contributed by atoms with Crippen molar-refractivity contribution in [1.82, 2.24) is 4.98 Å². The van der Waals surface area contributed by atoms with Crippen LogP contribution in [0.2, 0.25) is 0 Å². The maximum Gasteiger partial charge on any atom is 0.573 e. The molecule has 2 aromatic carbocycles. The number of hydrogen-bond donors (Lipinski definition) is 1. The number of rotatable bonds is 6. The van der Waals surface area contributed by atoms with Gasteiger partial charge in [-0.05, 0) is 37.3 Å². The van der Waals surface area contributed by atoms with Gasteiger partial charge in [-0.3, -0.25) is 9.59 Å². The number of nitrogens with zero attached hydrogens (tertiary/aromatic N) is 3. The van der Waals surface area contributed by atoms with Crippen molar-refractivity contribution < 1.29 is 40.7 Å². The summed E-state index contributed by atoms with van der Waals surface area (Å²) in [6.45, 7) is 2.12. The molecule has 13 heteroatoms. The Bertz CT molecular complexity index is 1330. The van der Waals surface area contributed by atoms with Crippen molar-refractivity contribution in [1.29, 1.82) is 0 Å². The quantitative estimate of drug-likeness (QED) is 0.359. The molecule has 0 saturated heterocycles. The van der Waals surface area contributed by atoms with E-state index in [0.717, 1.165) is 35.5 Å². The molecule has 8 nitrogen and oxygen atoms in total. The van der Waals surface area contributed by atoms with Crippen molar-refractivity contribution in [3.05, 3.63) is 60.5 Å². The van der Waals surface area contributed by atoms with Crippen LogP contribution in [0.25, 0.3) is 11.5 Å². The van der Waals surface area contributed by atoms with E-state index in [2.05, 4.69) is 20.1 Å². The molecular formula is C23H17F5N4O4. The highest BCUT2D eigenvalue weighted by Gasteiger charge is 2.40. The standard InChI is InChI=1S/C23H17F5N4O4/c1-12-18(19(33)30-14-5-3-4-13(10-14)22(2,24)25)21(34)32(31-12)15-6-7-17(36-23(26,27)28)16(11-15)20-29-8-9-35-20/h3-11,18H,1-2H3,(H,30,33). The minimum absolute atomic E-state index is 0.0185. The topological polar surface area (TPSA) is 97.0 Å². The number of halogens is 5. The Kier molecular flexibility index (Phi) is 6.24. The molecule has 1 aliphatic heterocycles. The average molecular weight is 508 g/mol. The van der Waals surface area contributed by atoms with E-state index in [4.69, 9.17) is 4.42 Å². The van der Waals surface area contributed by atoms with Crippen LogP contribution in [0.4, 0.5) is 33.3 Å². The summed E-state index contributed by atoms with van der Waals surface area (Å²) in [5.74, 6) is -6.98. The molecule has 0 aliphatic carbocycles. The molecule has 188 valence electrons. The second-order valence-electron chi connectivity index (χ2n) is 7.85. The number of benzene rings is 2. The third kappa shape index (κ3) is 5.19. The second kappa shape index (κ2) is 9.06. The molecule has 0 fully saturated rings. The number of hydrogen-bond acceptors (Lipinski definition) is 6. The molecule has 0 saturated carbocycles. The van der Waals surface area contributed by atoms with E-state index in [0.29, 0.717) is 6.92 Å². The van der Waals surface area contributed by atoms with Crippen LogP contribution in [0.3, 0.4) is 0 Å². The van der Waals surface area contributed by atoms with Gasteiger partial charge < -0.3 is 14.5 Å². The summed E-state index contributed by atoms with van der Waals surface area (Å²) in [7, 11) is 0.